The van der Waals surface area contributed by atoms with Gasteiger partial charge in [0, 0.05) is 32.1 Å². The van der Waals surface area contributed by atoms with Gasteiger partial charge in [0.25, 0.3) is 0 Å². The molecule has 130 valence electrons. The Labute approximate surface area is 141 Å². The normalized spacial score (nSPS) is 21.2. The van der Waals surface area contributed by atoms with Gasteiger partial charge in [-0.1, -0.05) is 6.07 Å². The molecule has 2 fully saturated rings. The van der Waals surface area contributed by atoms with Crippen molar-refractivity contribution in [3.63, 3.8) is 0 Å². The highest BCUT2D eigenvalue weighted by atomic mass is 16.6. The van der Waals surface area contributed by atoms with E-state index < -0.39 is 0 Å². The Kier molecular flexibility index (Phi) is 4.87. The van der Waals surface area contributed by atoms with E-state index in [2.05, 4.69) is 0 Å². The second-order valence-electron chi connectivity index (χ2n) is 6.25. The third kappa shape index (κ3) is 3.16. The monoisotopic (exact) mass is 333 g/mol. The Bertz CT molecular complexity index is 634. The van der Waals surface area contributed by atoms with Gasteiger partial charge in [0.15, 0.2) is 5.75 Å². The fourth-order valence-corrected chi connectivity index (χ4v) is 3.70. The Hall–Kier alpha value is -2.31. The summed E-state index contributed by atoms with van der Waals surface area (Å²) in [5, 5.41) is 11.6. The number of piperidine rings is 1. The molecule has 0 spiro atoms. The van der Waals surface area contributed by atoms with Crippen LogP contribution in [0.1, 0.15) is 32.6 Å². The third-order valence-corrected chi connectivity index (χ3v) is 4.75. The molecule has 1 aromatic carbocycles. The van der Waals surface area contributed by atoms with Gasteiger partial charge in [0.2, 0.25) is 5.91 Å². The zero-order valence-corrected chi connectivity index (χ0v) is 13.9. The van der Waals surface area contributed by atoms with E-state index >= 15 is 0 Å². The first-order chi connectivity index (χ1) is 11.6. The minimum Gasteiger partial charge on any atom is -0.487 e. The molecule has 1 atom stereocenters. The number of amides is 1. The van der Waals surface area contributed by atoms with Gasteiger partial charge in [-0.3, -0.25) is 14.9 Å². The minimum atomic E-state index is -0.370. The predicted molar refractivity (Wildman–Crippen MR) is 90.4 cm³/mol. The Morgan fingerprint density at radius 1 is 1.33 bits per heavy atom. The van der Waals surface area contributed by atoms with Crippen LogP contribution < -0.4 is 9.64 Å². The molecule has 1 amide bonds. The zero-order chi connectivity index (χ0) is 17.1. The van der Waals surface area contributed by atoms with E-state index in [4.69, 9.17) is 4.74 Å². The van der Waals surface area contributed by atoms with Gasteiger partial charge in [-0.05, 0) is 38.3 Å². The smallest absolute Gasteiger partial charge is 0.333 e. The highest BCUT2D eigenvalue weighted by molar-refractivity contribution is 5.78. The van der Waals surface area contributed by atoms with E-state index in [-0.39, 0.29) is 22.6 Å². The first kappa shape index (κ1) is 16.5. The molecule has 0 unspecified atom stereocenters. The average molecular weight is 333 g/mol. The van der Waals surface area contributed by atoms with Crippen LogP contribution in [0, 0.1) is 10.1 Å². The van der Waals surface area contributed by atoms with E-state index in [0.29, 0.717) is 31.0 Å². The van der Waals surface area contributed by atoms with Crippen LogP contribution in [0.3, 0.4) is 0 Å². The van der Waals surface area contributed by atoms with Crippen LogP contribution in [0.5, 0.6) is 5.75 Å². The summed E-state index contributed by atoms with van der Waals surface area (Å²) in [6.07, 6.45) is 3.41. The van der Waals surface area contributed by atoms with Crippen LogP contribution >= 0.6 is 0 Å². The van der Waals surface area contributed by atoms with Crippen molar-refractivity contribution in [2.75, 3.05) is 31.1 Å². The van der Waals surface area contributed by atoms with Gasteiger partial charge < -0.3 is 14.5 Å². The summed E-state index contributed by atoms with van der Waals surface area (Å²) in [6.45, 7) is 4.40. The predicted octanol–water partition coefficient (Wildman–Crippen LogP) is 2.58. The number of anilines is 1. The van der Waals surface area contributed by atoms with Gasteiger partial charge >= 0.3 is 5.69 Å². The van der Waals surface area contributed by atoms with Crippen molar-refractivity contribution in [3.05, 3.63) is 28.3 Å². The highest BCUT2D eigenvalue weighted by Gasteiger charge is 2.34. The molecular formula is C17H23N3O4. The largest absolute Gasteiger partial charge is 0.487 e. The summed E-state index contributed by atoms with van der Waals surface area (Å²) in [6, 6.07) is 5.34. The molecule has 2 saturated heterocycles. The fraction of sp³-hybridized carbons (Fsp3) is 0.588. The van der Waals surface area contributed by atoms with Crippen molar-refractivity contribution in [2.45, 2.75) is 38.6 Å². The molecule has 24 heavy (non-hydrogen) atoms. The number of nitrogens with zero attached hydrogens (tertiary/aromatic N) is 3. The quantitative estimate of drug-likeness (QED) is 0.611. The van der Waals surface area contributed by atoms with Gasteiger partial charge in [-0.15, -0.1) is 0 Å². The van der Waals surface area contributed by atoms with Crippen molar-refractivity contribution in [1.29, 1.82) is 0 Å². The summed E-state index contributed by atoms with van der Waals surface area (Å²) in [5.74, 6) is 0.513. The molecular weight excluding hydrogens is 310 g/mol. The lowest BCUT2D eigenvalue weighted by atomic mass is 10.0. The van der Waals surface area contributed by atoms with Crippen molar-refractivity contribution in [1.82, 2.24) is 4.90 Å². The van der Waals surface area contributed by atoms with Crippen molar-refractivity contribution < 1.29 is 14.5 Å². The van der Waals surface area contributed by atoms with Gasteiger partial charge in [0.1, 0.15) is 5.69 Å². The SMILES string of the molecule is CCOc1cccc(N2CCC[C@H](N3CCCC3=O)C2)c1[N+](=O)[O-]. The maximum Gasteiger partial charge on any atom is 0.333 e. The Balaban J connectivity index is 1.86. The number of nitro benzene ring substituents is 1. The number of rotatable bonds is 5. The first-order valence-electron chi connectivity index (χ1n) is 8.56. The Morgan fingerprint density at radius 2 is 2.17 bits per heavy atom. The van der Waals surface area contributed by atoms with Crippen LogP contribution in [0.4, 0.5) is 11.4 Å². The number of carbonyl (C=O) groups is 1. The minimum absolute atomic E-state index is 0.0211. The summed E-state index contributed by atoms with van der Waals surface area (Å²) in [5.41, 5.74) is 0.607. The van der Waals surface area contributed by atoms with E-state index in [9.17, 15) is 14.9 Å². The molecule has 2 aliphatic rings. The number of benzene rings is 1. The van der Waals surface area contributed by atoms with Crippen molar-refractivity contribution >= 4 is 17.3 Å². The summed E-state index contributed by atoms with van der Waals surface area (Å²) >= 11 is 0. The molecule has 0 saturated carbocycles. The number of nitro groups is 1. The van der Waals surface area contributed by atoms with Crippen LogP contribution in [0.2, 0.25) is 0 Å². The molecule has 2 heterocycles. The molecule has 7 nitrogen and oxygen atoms in total. The number of hydrogen-bond donors (Lipinski definition) is 0. The van der Waals surface area contributed by atoms with Crippen molar-refractivity contribution in [2.24, 2.45) is 0 Å². The van der Waals surface area contributed by atoms with Crippen molar-refractivity contribution in [3.8, 4) is 5.75 Å². The summed E-state index contributed by atoms with van der Waals surface area (Å²) in [7, 11) is 0. The van der Waals surface area contributed by atoms with Crippen LogP contribution in [-0.4, -0.2) is 48.0 Å². The van der Waals surface area contributed by atoms with E-state index in [0.717, 1.165) is 32.4 Å². The molecule has 0 aromatic heterocycles. The molecule has 7 heteroatoms. The van der Waals surface area contributed by atoms with E-state index in [1.807, 2.05) is 16.7 Å². The fourth-order valence-electron chi connectivity index (χ4n) is 3.70. The molecule has 0 radical (unpaired) electrons. The first-order valence-corrected chi connectivity index (χ1v) is 8.56. The van der Waals surface area contributed by atoms with Gasteiger partial charge in [0.05, 0.1) is 11.5 Å². The van der Waals surface area contributed by atoms with Crippen LogP contribution in [-0.2, 0) is 4.79 Å². The number of ether oxygens (including phenoxy) is 1. The molecule has 0 aliphatic carbocycles. The number of hydrogen-bond acceptors (Lipinski definition) is 5. The molecule has 3 rings (SSSR count). The maximum atomic E-state index is 12.0. The summed E-state index contributed by atoms with van der Waals surface area (Å²) < 4.78 is 5.44. The highest BCUT2D eigenvalue weighted by Crippen LogP contribution is 2.38. The molecule has 1 aromatic rings. The second kappa shape index (κ2) is 7.07. The molecule has 0 N–H and O–H groups in total. The zero-order valence-electron chi connectivity index (χ0n) is 13.9. The standard InChI is InChI=1S/C17H23N3O4/c1-2-24-15-8-3-7-14(17(15)20(22)23)18-10-4-6-13(12-18)19-11-5-9-16(19)21/h3,7-8,13H,2,4-6,9-12H2,1H3/t13-/m0/s1. The van der Waals surface area contributed by atoms with Gasteiger partial charge in [-0.2, -0.15) is 0 Å². The maximum absolute atomic E-state index is 12.0. The Morgan fingerprint density at radius 3 is 2.83 bits per heavy atom. The van der Waals surface area contributed by atoms with Crippen LogP contribution in [0.25, 0.3) is 0 Å². The topological polar surface area (TPSA) is 75.9 Å². The average Bonchev–Trinajstić information content (AvgIpc) is 3.01. The second-order valence-corrected chi connectivity index (χ2v) is 6.25. The third-order valence-electron chi connectivity index (χ3n) is 4.75. The number of likely N-dealkylation sites (tertiary alicyclic amines) is 1. The van der Waals surface area contributed by atoms with E-state index in [1.54, 1.807) is 18.2 Å². The van der Waals surface area contributed by atoms with Gasteiger partial charge in [-0.25, -0.2) is 0 Å². The number of carbonyl (C=O) groups excluding carboxylic acids is 1. The molecule has 2 aliphatic heterocycles. The number of para-hydroxylation sites is 1. The summed E-state index contributed by atoms with van der Waals surface area (Å²) in [4.78, 5) is 27.2. The lowest BCUT2D eigenvalue weighted by Crippen LogP contribution is -2.48. The lowest BCUT2D eigenvalue weighted by Gasteiger charge is -2.38. The molecule has 0 bridgehead atoms. The van der Waals surface area contributed by atoms with Crippen LogP contribution in [0.15, 0.2) is 18.2 Å². The lowest BCUT2D eigenvalue weighted by molar-refractivity contribution is -0.385. The van der Waals surface area contributed by atoms with E-state index in [1.165, 1.54) is 0 Å².